The Labute approximate surface area is 96.0 Å². The van der Waals surface area contributed by atoms with Gasteiger partial charge in [0.15, 0.2) is 0 Å². The first-order valence-corrected chi connectivity index (χ1v) is 6.29. The lowest BCUT2D eigenvalue weighted by molar-refractivity contribution is -0.154. The summed E-state index contributed by atoms with van der Waals surface area (Å²) in [6, 6.07) is 0. The van der Waals surface area contributed by atoms with Gasteiger partial charge in [0.2, 0.25) is 0 Å². The molecule has 92 valence electrons. The zero-order valence-corrected chi connectivity index (χ0v) is 9.61. The van der Waals surface area contributed by atoms with E-state index in [4.69, 9.17) is 0 Å². The van der Waals surface area contributed by atoms with Gasteiger partial charge in [0.25, 0.3) is 0 Å². The summed E-state index contributed by atoms with van der Waals surface area (Å²) in [6.45, 7) is 1.28. The summed E-state index contributed by atoms with van der Waals surface area (Å²) in [7, 11) is 0. The molecule has 1 aliphatic carbocycles. The smallest absolute Gasteiger partial charge is 0.311 e. The van der Waals surface area contributed by atoms with Crippen molar-refractivity contribution in [3.8, 4) is 0 Å². The first-order chi connectivity index (χ1) is 7.67. The van der Waals surface area contributed by atoms with Gasteiger partial charge in [-0.25, -0.2) is 0 Å². The number of nitrogens with one attached hydrogen (secondary N) is 1. The van der Waals surface area contributed by atoms with Gasteiger partial charge in [-0.2, -0.15) is 0 Å². The Morgan fingerprint density at radius 3 is 2.62 bits per heavy atom. The normalized spacial score (nSPS) is 40.6. The molecule has 2 fully saturated rings. The number of aliphatic hydroxyl groups excluding tert-OH is 1. The Morgan fingerprint density at radius 1 is 1.25 bits per heavy atom. The molecule has 2 aliphatic rings. The van der Waals surface area contributed by atoms with Crippen molar-refractivity contribution in [2.24, 2.45) is 11.3 Å². The predicted molar refractivity (Wildman–Crippen MR) is 60.1 cm³/mol. The van der Waals surface area contributed by atoms with E-state index in [1.807, 2.05) is 0 Å². The van der Waals surface area contributed by atoms with Gasteiger partial charge >= 0.3 is 5.97 Å². The van der Waals surface area contributed by atoms with Gasteiger partial charge in [0, 0.05) is 12.5 Å². The topological polar surface area (TPSA) is 69.6 Å². The number of hydrogen-bond donors (Lipinski definition) is 3. The van der Waals surface area contributed by atoms with Crippen LogP contribution in [0.3, 0.4) is 0 Å². The standard InChI is InChI=1S/C12H21NO3/c14-10-5-3-1-2-4-9(10)12(11(15)16)6-7-13-8-12/h9-10,13-14H,1-8H2,(H,15,16). The van der Waals surface area contributed by atoms with Crippen molar-refractivity contribution in [3.63, 3.8) is 0 Å². The lowest BCUT2D eigenvalue weighted by Crippen LogP contribution is -2.45. The maximum Gasteiger partial charge on any atom is 0.311 e. The molecule has 0 aromatic heterocycles. The van der Waals surface area contributed by atoms with Gasteiger partial charge in [-0.3, -0.25) is 4.79 Å². The molecule has 3 N–H and O–H groups in total. The molecule has 2 rings (SSSR count). The molecular formula is C12H21NO3. The molecule has 0 bridgehead atoms. The summed E-state index contributed by atoms with van der Waals surface area (Å²) in [5.41, 5.74) is -0.718. The van der Waals surface area contributed by atoms with Crippen LogP contribution >= 0.6 is 0 Å². The summed E-state index contributed by atoms with van der Waals surface area (Å²) in [5, 5.41) is 22.7. The quantitative estimate of drug-likeness (QED) is 0.615. The molecule has 16 heavy (non-hydrogen) atoms. The lowest BCUT2D eigenvalue weighted by Gasteiger charge is -2.35. The fraction of sp³-hybridized carbons (Fsp3) is 0.917. The fourth-order valence-corrected chi connectivity index (χ4v) is 3.30. The van der Waals surface area contributed by atoms with Crippen LogP contribution in [0.2, 0.25) is 0 Å². The van der Waals surface area contributed by atoms with Crippen molar-refractivity contribution in [3.05, 3.63) is 0 Å². The third-order valence-electron chi connectivity index (χ3n) is 4.30. The van der Waals surface area contributed by atoms with Crippen molar-refractivity contribution in [1.82, 2.24) is 5.32 Å². The monoisotopic (exact) mass is 227 g/mol. The second-order valence-corrected chi connectivity index (χ2v) is 5.20. The largest absolute Gasteiger partial charge is 0.481 e. The summed E-state index contributed by atoms with van der Waals surface area (Å²) < 4.78 is 0. The lowest BCUT2D eigenvalue weighted by atomic mass is 9.70. The molecule has 0 amide bonds. The van der Waals surface area contributed by atoms with Gasteiger partial charge in [0.1, 0.15) is 0 Å². The van der Waals surface area contributed by atoms with E-state index < -0.39 is 17.5 Å². The van der Waals surface area contributed by atoms with Crippen LogP contribution in [0.15, 0.2) is 0 Å². The van der Waals surface area contributed by atoms with Crippen LogP contribution in [-0.2, 0) is 4.79 Å². The van der Waals surface area contributed by atoms with E-state index in [0.717, 1.165) is 38.6 Å². The Kier molecular flexibility index (Phi) is 3.50. The minimum atomic E-state index is -0.733. The molecule has 0 spiro atoms. The average molecular weight is 227 g/mol. The highest BCUT2D eigenvalue weighted by Crippen LogP contribution is 2.42. The van der Waals surface area contributed by atoms with Crippen molar-refractivity contribution in [1.29, 1.82) is 0 Å². The van der Waals surface area contributed by atoms with E-state index in [1.165, 1.54) is 0 Å². The minimum Gasteiger partial charge on any atom is -0.481 e. The molecule has 4 nitrogen and oxygen atoms in total. The van der Waals surface area contributed by atoms with E-state index >= 15 is 0 Å². The molecule has 4 heteroatoms. The molecule has 0 aromatic rings. The zero-order valence-electron chi connectivity index (χ0n) is 9.61. The summed E-state index contributed by atoms with van der Waals surface area (Å²) >= 11 is 0. The molecule has 1 aliphatic heterocycles. The van der Waals surface area contributed by atoms with E-state index in [0.29, 0.717) is 13.0 Å². The second-order valence-electron chi connectivity index (χ2n) is 5.20. The highest BCUT2D eigenvalue weighted by Gasteiger charge is 2.50. The predicted octanol–water partition coefficient (Wildman–Crippen LogP) is 0.992. The molecule has 0 aromatic carbocycles. The fourth-order valence-electron chi connectivity index (χ4n) is 3.30. The summed E-state index contributed by atoms with van der Waals surface area (Å²) in [5.74, 6) is -0.800. The average Bonchev–Trinajstić information content (AvgIpc) is 2.64. The second kappa shape index (κ2) is 4.72. The number of carbonyl (C=O) groups is 1. The van der Waals surface area contributed by atoms with Gasteiger partial charge in [-0.1, -0.05) is 19.3 Å². The number of aliphatic carboxylic acids is 1. The molecular weight excluding hydrogens is 206 g/mol. The third kappa shape index (κ3) is 1.96. The van der Waals surface area contributed by atoms with Gasteiger partial charge in [-0.05, 0) is 25.8 Å². The number of hydrogen-bond acceptors (Lipinski definition) is 3. The van der Waals surface area contributed by atoms with E-state index in [2.05, 4.69) is 5.32 Å². The maximum atomic E-state index is 11.5. The van der Waals surface area contributed by atoms with Gasteiger partial charge in [0.05, 0.1) is 11.5 Å². The Bertz CT molecular complexity index is 261. The van der Waals surface area contributed by atoms with Gasteiger partial charge < -0.3 is 15.5 Å². The first kappa shape index (κ1) is 11.9. The van der Waals surface area contributed by atoms with Crippen LogP contribution in [0.5, 0.6) is 0 Å². The SMILES string of the molecule is O=C(O)C1(C2CCCCCC2O)CCNC1. The highest BCUT2D eigenvalue weighted by atomic mass is 16.4. The van der Waals surface area contributed by atoms with Crippen molar-refractivity contribution in [2.75, 3.05) is 13.1 Å². The maximum absolute atomic E-state index is 11.5. The first-order valence-electron chi connectivity index (χ1n) is 6.29. The molecule has 0 radical (unpaired) electrons. The summed E-state index contributed by atoms with van der Waals surface area (Å²) in [4.78, 5) is 11.5. The third-order valence-corrected chi connectivity index (χ3v) is 4.30. The summed E-state index contributed by atoms with van der Waals surface area (Å²) in [6.07, 6.45) is 5.05. The van der Waals surface area contributed by atoms with Crippen molar-refractivity contribution in [2.45, 2.75) is 44.6 Å². The van der Waals surface area contributed by atoms with Crippen LogP contribution in [0.4, 0.5) is 0 Å². The number of rotatable bonds is 2. The van der Waals surface area contributed by atoms with Crippen LogP contribution in [0.25, 0.3) is 0 Å². The van der Waals surface area contributed by atoms with Crippen molar-refractivity contribution >= 4 is 5.97 Å². The van der Waals surface area contributed by atoms with E-state index in [9.17, 15) is 15.0 Å². The van der Waals surface area contributed by atoms with Gasteiger partial charge in [-0.15, -0.1) is 0 Å². The molecule has 3 unspecified atom stereocenters. The molecule has 3 atom stereocenters. The Morgan fingerprint density at radius 2 is 2.00 bits per heavy atom. The minimum absolute atomic E-state index is 0.0671. The number of aliphatic hydroxyl groups is 1. The molecule has 1 heterocycles. The van der Waals surface area contributed by atoms with Crippen LogP contribution < -0.4 is 5.32 Å². The Hall–Kier alpha value is -0.610. The Balaban J connectivity index is 2.20. The van der Waals surface area contributed by atoms with Crippen LogP contribution in [0, 0.1) is 11.3 Å². The number of carboxylic acids is 1. The molecule has 1 saturated heterocycles. The van der Waals surface area contributed by atoms with E-state index in [1.54, 1.807) is 0 Å². The van der Waals surface area contributed by atoms with E-state index in [-0.39, 0.29) is 5.92 Å². The van der Waals surface area contributed by atoms with Crippen LogP contribution in [-0.4, -0.2) is 35.4 Å². The number of carboxylic acid groups (broad SMARTS) is 1. The highest BCUT2D eigenvalue weighted by molar-refractivity contribution is 5.76. The zero-order chi connectivity index (χ0) is 11.6. The molecule has 1 saturated carbocycles. The van der Waals surface area contributed by atoms with Crippen molar-refractivity contribution < 1.29 is 15.0 Å². The van der Waals surface area contributed by atoms with Crippen LogP contribution in [0.1, 0.15) is 38.5 Å².